The van der Waals surface area contributed by atoms with E-state index in [1.807, 2.05) is 25.1 Å². The minimum Gasteiger partial charge on any atom is -0.295 e. The molecule has 0 amide bonds. The van der Waals surface area contributed by atoms with Crippen molar-refractivity contribution in [1.82, 2.24) is 0 Å². The molecular formula is C26H34O4S. The van der Waals surface area contributed by atoms with Crippen LogP contribution in [0.25, 0.3) is 0 Å². The van der Waals surface area contributed by atoms with Gasteiger partial charge >= 0.3 is 0 Å². The maximum atomic E-state index is 13.0. The Kier molecular flexibility index (Phi) is 5.21. The van der Waals surface area contributed by atoms with E-state index < -0.39 is 10.1 Å². The Morgan fingerprint density at radius 1 is 1.06 bits per heavy atom. The number of fused-ring (bicyclic) bond motifs is 5. The fourth-order valence-electron chi connectivity index (χ4n) is 7.61. The first kappa shape index (κ1) is 21.4. The Morgan fingerprint density at radius 2 is 1.81 bits per heavy atom. The summed E-state index contributed by atoms with van der Waals surface area (Å²) in [4.78, 5) is 12.2. The first-order valence-electron chi connectivity index (χ1n) is 11.9. The number of benzene rings is 1. The third kappa shape index (κ3) is 3.52. The van der Waals surface area contributed by atoms with Gasteiger partial charge in [-0.3, -0.25) is 8.98 Å². The topological polar surface area (TPSA) is 60.4 Å². The van der Waals surface area contributed by atoms with Crippen LogP contribution in [0.15, 0.2) is 40.8 Å². The average molecular weight is 443 g/mol. The van der Waals surface area contributed by atoms with Gasteiger partial charge in [-0.05, 0) is 98.7 Å². The van der Waals surface area contributed by atoms with Gasteiger partial charge in [-0.2, -0.15) is 8.42 Å². The molecule has 0 radical (unpaired) electrons. The van der Waals surface area contributed by atoms with E-state index in [-0.39, 0.29) is 16.4 Å². The molecule has 1 aromatic rings. The number of hydrogen-bond donors (Lipinski definition) is 0. The van der Waals surface area contributed by atoms with E-state index in [0.717, 1.165) is 44.1 Å². The van der Waals surface area contributed by atoms with Gasteiger partial charge in [0.25, 0.3) is 10.1 Å². The molecule has 5 rings (SSSR count). The molecule has 31 heavy (non-hydrogen) atoms. The molecule has 5 heteroatoms. The van der Waals surface area contributed by atoms with Crippen molar-refractivity contribution in [3.05, 3.63) is 41.5 Å². The highest BCUT2D eigenvalue weighted by molar-refractivity contribution is 7.86. The third-order valence-electron chi connectivity index (χ3n) is 9.11. The monoisotopic (exact) mass is 442 g/mol. The maximum Gasteiger partial charge on any atom is 0.297 e. The Bertz CT molecular complexity index is 1010. The molecule has 0 aromatic heterocycles. The summed E-state index contributed by atoms with van der Waals surface area (Å²) in [5.74, 6) is 3.13. The molecule has 3 saturated carbocycles. The van der Waals surface area contributed by atoms with Crippen LogP contribution in [0.4, 0.5) is 0 Å². The number of rotatable bonds is 3. The van der Waals surface area contributed by atoms with Gasteiger partial charge in [-0.1, -0.05) is 37.1 Å². The van der Waals surface area contributed by atoms with Crippen LogP contribution in [-0.2, 0) is 19.1 Å². The summed E-state index contributed by atoms with van der Waals surface area (Å²) in [6, 6.07) is 6.95. The van der Waals surface area contributed by atoms with Crippen molar-refractivity contribution in [3.8, 4) is 0 Å². The zero-order valence-electron chi connectivity index (χ0n) is 18.8. The van der Waals surface area contributed by atoms with E-state index >= 15 is 0 Å². The highest BCUT2D eigenvalue weighted by Crippen LogP contribution is 2.63. The van der Waals surface area contributed by atoms with E-state index in [2.05, 4.69) is 13.8 Å². The van der Waals surface area contributed by atoms with Crippen LogP contribution in [0.1, 0.15) is 64.4 Å². The fourth-order valence-corrected chi connectivity index (χ4v) is 8.81. The SMILES string of the molecule is Cc1ccc(S(=O)(=O)O[C@H]2CCC3C4C(CC[C@@]32C)C2CCC(=O)C=C2C[C@@H]4C)cc1. The lowest BCUT2D eigenvalue weighted by Crippen LogP contribution is -2.50. The summed E-state index contributed by atoms with van der Waals surface area (Å²) in [6.07, 6.45) is 8.40. The maximum absolute atomic E-state index is 13.0. The van der Waals surface area contributed by atoms with Gasteiger partial charge in [0.1, 0.15) is 0 Å². The first-order chi connectivity index (χ1) is 14.7. The van der Waals surface area contributed by atoms with Crippen molar-refractivity contribution in [2.75, 3.05) is 0 Å². The summed E-state index contributed by atoms with van der Waals surface area (Å²) in [5.41, 5.74) is 2.33. The largest absolute Gasteiger partial charge is 0.297 e. The van der Waals surface area contributed by atoms with Crippen molar-refractivity contribution in [3.63, 3.8) is 0 Å². The number of allylic oxidation sites excluding steroid dienone is 1. The molecule has 1 aromatic carbocycles. The quantitative estimate of drug-likeness (QED) is 0.584. The summed E-state index contributed by atoms with van der Waals surface area (Å²) in [7, 11) is -3.76. The van der Waals surface area contributed by atoms with Crippen LogP contribution in [0.3, 0.4) is 0 Å². The molecule has 4 nitrogen and oxygen atoms in total. The standard InChI is InChI=1S/C26H34O4S/c1-16-4-7-20(8-5-16)31(28,29)30-24-11-10-23-25-17(2)14-18-15-19(27)6-9-21(18)22(25)12-13-26(23,24)3/h4-5,7-8,15,17,21-25H,6,9-14H2,1-3H3/t17-,21?,22?,23?,24-,25?,26-/m0/s1. The Morgan fingerprint density at radius 3 is 2.55 bits per heavy atom. The second kappa shape index (κ2) is 7.55. The predicted molar refractivity (Wildman–Crippen MR) is 120 cm³/mol. The summed E-state index contributed by atoms with van der Waals surface area (Å²) >= 11 is 0. The molecule has 0 saturated heterocycles. The van der Waals surface area contributed by atoms with Gasteiger partial charge in [-0.25, -0.2) is 0 Å². The molecule has 3 fully saturated rings. The molecule has 168 valence electrons. The first-order valence-corrected chi connectivity index (χ1v) is 13.3. The Hall–Kier alpha value is -1.46. The average Bonchev–Trinajstić information content (AvgIpc) is 3.03. The van der Waals surface area contributed by atoms with Gasteiger partial charge in [0.15, 0.2) is 5.78 Å². The van der Waals surface area contributed by atoms with E-state index in [0.29, 0.717) is 41.8 Å². The normalized spacial score (nSPS) is 40.0. The molecule has 7 atom stereocenters. The zero-order chi connectivity index (χ0) is 22.0. The number of carbonyl (C=O) groups excluding carboxylic acids is 1. The van der Waals surface area contributed by atoms with Crippen molar-refractivity contribution in [1.29, 1.82) is 0 Å². The molecule has 4 aliphatic rings. The van der Waals surface area contributed by atoms with E-state index in [1.165, 1.54) is 5.57 Å². The Labute approximate surface area is 186 Å². The number of ketones is 1. The second-order valence-corrected chi connectivity index (χ2v) is 12.4. The van der Waals surface area contributed by atoms with Crippen molar-refractivity contribution < 1.29 is 17.4 Å². The summed E-state index contributed by atoms with van der Waals surface area (Å²) in [5, 5.41) is 0. The lowest BCUT2D eigenvalue weighted by Gasteiger charge is -2.55. The zero-order valence-corrected chi connectivity index (χ0v) is 19.7. The Balaban J connectivity index is 1.39. The van der Waals surface area contributed by atoms with E-state index in [4.69, 9.17) is 4.18 Å². The van der Waals surface area contributed by atoms with Gasteiger partial charge in [-0.15, -0.1) is 0 Å². The van der Waals surface area contributed by atoms with Gasteiger partial charge < -0.3 is 0 Å². The minimum atomic E-state index is -3.76. The smallest absolute Gasteiger partial charge is 0.295 e. The molecule has 0 heterocycles. The van der Waals surface area contributed by atoms with Crippen LogP contribution in [0.2, 0.25) is 0 Å². The fraction of sp³-hybridized carbons (Fsp3) is 0.654. The molecule has 0 N–H and O–H groups in total. The van der Waals surface area contributed by atoms with Gasteiger partial charge in [0.2, 0.25) is 0 Å². The lowest BCUT2D eigenvalue weighted by molar-refractivity contribution is -0.116. The number of carbonyl (C=O) groups is 1. The molecule has 0 spiro atoms. The predicted octanol–water partition coefficient (Wildman–Crippen LogP) is 5.46. The van der Waals surface area contributed by atoms with Crippen LogP contribution >= 0.6 is 0 Å². The molecule has 4 unspecified atom stereocenters. The second-order valence-electron chi connectivity index (χ2n) is 10.8. The van der Waals surface area contributed by atoms with Crippen LogP contribution < -0.4 is 0 Å². The number of aryl methyl sites for hydroxylation is 1. The van der Waals surface area contributed by atoms with E-state index in [9.17, 15) is 13.2 Å². The molecule has 0 aliphatic heterocycles. The van der Waals surface area contributed by atoms with Crippen LogP contribution in [0.5, 0.6) is 0 Å². The van der Waals surface area contributed by atoms with Crippen LogP contribution in [-0.4, -0.2) is 20.3 Å². The summed E-state index contributed by atoms with van der Waals surface area (Å²) in [6.45, 7) is 6.57. The molecular weight excluding hydrogens is 408 g/mol. The third-order valence-corrected chi connectivity index (χ3v) is 10.4. The van der Waals surface area contributed by atoms with Gasteiger partial charge in [0.05, 0.1) is 11.0 Å². The molecule has 4 aliphatic carbocycles. The lowest BCUT2D eigenvalue weighted by atomic mass is 9.49. The van der Waals surface area contributed by atoms with Crippen molar-refractivity contribution >= 4 is 15.9 Å². The highest BCUT2D eigenvalue weighted by Gasteiger charge is 2.59. The van der Waals surface area contributed by atoms with Gasteiger partial charge in [0, 0.05) is 6.42 Å². The van der Waals surface area contributed by atoms with Crippen LogP contribution in [0, 0.1) is 41.9 Å². The van der Waals surface area contributed by atoms with E-state index in [1.54, 1.807) is 12.1 Å². The van der Waals surface area contributed by atoms with Crippen molar-refractivity contribution in [2.45, 2.75) is 76.7 Å². The number of hydrogen-bond acceptors (Lipinski definition) is 4. The highest BCUT2D eigenvalue weighted by atomic mass is 32.2. The minimum absolute atomic E-state index is 0.0983. The summed E-state index contributed by atoms with van der Waals surface area (Å²) < 4.78 is 32.0. The molecule has 0 bridgehead atoms. The van der Waals surface area contributed by atoms with Crippen molar-refractivity contribution in [2.24, 2.45) is 35.0 Å².